The van der Waals surface area contributed by atoms with Gasteiger partial charge in [-0.3, -0.25) is 4.79 Å². The molecule has 0 saturated carbocycles. The third-order valence-electron chi connectivity index (χ3n) is 5.25. The number of hydrogen-bond acceptors (Lipinski definition) is 6. The number of amides is 1. The lowest BCUT2D eigenvalue weighted by Gasteiger charge is -2.18. The van der Waals surface area contributed by atoms with E-state index >= 15 is 0 Å². The van der Waals surface area contributed by atoms with Gasteiger partial charge in [-0.15, -0.1) is 21.5 Å². The van der Waals surface area contributed by atoms with Crippen LogP contribution in [-0.4, -0.2) is 33.5 Å². The number of thiophene rings is 1. The van der Waals surface area contributed by atoms with Crippen LogP contribution in [-0.2, 0) is 24.7 Å². The van der Waals surface area contributed by atoms with Crippen LogP contribution < -0.4 is 10.1 Å². The van der Waals surface area contributed by atoms with Gasteiger partial charge in [-0.2, -0.15) is 0 Å². The summed E-state index contributed by atoms with van der Waals surface area (Å²) >= 11 is 9.20. The predicted octanol–water partition coefficient (Wildman–Crippen LogP) is 5.06. The number of carbonyl (C=O) groups excluding carboxylic acids is 1. The van der Waals surface area contributed by atoms with Crippen molar-refractivity contribution in [3.05, 3.63) is 39.0 Å². The number of anilines is 1. The highest BCUT2D eigenvalue weighted by molar-refractivity contribution is 7.99. The SMILES string of the molecule is COc1ccc(Cl)cc1NC(=O)CSc1nnc(-c2csc3c2CCC(C)C3)n1C. The van der Waals surface area contributed by atoms with E-state index in [1.165, 1.54) is 34.2 Å². The highest BCUT2D eigenvalue weighted by Crippen LogP contribution is 2.38. The molecule has 2 heterocycles. The highest BCUT2D eigenvalue weighted by atomic mass is 35.5. The highest BCUT2D eigenvalue weighted by Gasteiger charge is 2.23. The second-order valence-corrected chi connectivity index (χ2v) is 9.79. The molecular weight excluding hydrogens is 440 g/mol. The number of methoxy groups -OCH3 is 1. The molecule has 0 saturated heterocycles. The van der Waals surface area contributed by atoms with E-state index in [0.717, 1.165) is 24.6 Å². The Morgan fingerprint density at radius 2 is 2.27 bits per heavy atom. The van der Waals surface area contributed by atoms with Crippen LogP contribution in [0.15, 0.2) is 28.7 Å². The molecule has 0 aliphatic heterocycles. The molecule has 30 heavy (non-hydrogen) atoms. The number of hydrogen-bond donors (Lipinski definition) is 1. The van der Waals surface area contributed by atoms with E-state index in [2.05, 4.69) is 27.8 Å². The maximum atomic E-state index is 12.4. The standard InChI is InChI=1S/C21H23ClN4O2S2/c1-12-4-6-14-15(10-29-18(14)8-12)20-24-25-21(26(20)2)30-11-19(27)23-16-9-13(22)5-7-17(16)28-3/h5,7,9-10,12H,4,6,8,11H2,1-3H3,(H,23,27). The van der Waals surface area contributed by atoms with Crippen LogP contribution in [0.25, 0.3) is 11.4 Å². The molecule has 4 rings (SSSR count). The van der Waals surface area contributed by atoms with E-state index in [9.17, 15) is 4.79 Å². The molecule has 0 radical (unpaired) electrons. The summed E-state index contributed by atoms with van der Waals surface area (Å²) in [6, 6.07) is 5.11. The van der Waals surface area contributed by atoms with Crippen molar-refractivity contribution in [1.82, 2.24) is 14.8 Å². The number of carbonyl (C=O) groups is 1. The molecule has 6 nitrogen and oxygen atoms in total. The van der Waals surface area contributed by atoms with Gasteiger partial charge in [0.25, 0.3) is 0 Å². The maximum Gasteiger partial charge on any atom is 0.234 e. The molecule has 158 valence electrons. The Balaban J connectivity index is 1.44. The Hall–Kier alpha value is -2.03. The largest absolute Gasteiger partial charge is 0.495 e. The van der Waals surface area contributed by atoms with Gasteiger partial charge in [0.1, 0.15) is 5.75 Å². The number of nitrogens with one attached hydrogen (secondary N) is 1. The van der Waals surface area contributed by atoms with Gasteiger partial charge in [-0.1, -0.05) is 30.3 Å². The zero-order valence-electron chi connectivity index (χ0n) is 17.1. The van der Waals surface area contributed by atoms with Crippen LogP contribution in [0.4, 0.5) is 5.69 Å². The number of fused-ring (bicyclic) bond motifs is 1. The van der Waals surface area contributed by atoms with Crippen molar-refractivity contribution >= 4 is 46.3 Å². The zero-order valence-corrected chi connectivity index (χ0v) is 19.5. The number of halogens is 1. The molecule has 1 aliphatic carbocycles. The lowest BCUT2D eigenvalue weighted by Crippen LogP contribution is -2.15. The van der Waals surface area contributed by atoms with E-state index in [1.54, 1.807) is 25.3 Å². The molecule has 3 aromatic rings. The van der Waals surface area contributed by atoms with Crippen LogP contribution in [0, 0.1) is 5.92 Å². The first-order valence-electron chi connectivity index (χ1n) is 9.71. The van der Waals surface area contributed by atoms with Gasteiger partial charge in [-0.25, -0.2) is 0 Å². The van der Waals surface area contributed by atoms with Crippen LogP contribution in [0.2, 0.25) is 5.02 Å². The molecule has 1 aliphatic rings. The van der Waals surface area contributed by atoms with Crippen molar-refractivity contribution in [2.24, 2.45) is 13.0 Å². The van der Waals surface area contributed by atoms with Gasteiger partial charge in [-0.05, 0) is 48.9 Å². The summed E-state index contributed by atoms with van der Waals surface area (Å²) in [7, 11) is 3.50. The van der Waals surface area contributed by atoms with Crippen molar-refractivity contribution < 1.29 is 9.53 Å². The summed E-state index contributed by atoms with van der Waals surface area (Å²) in [4.78, 5) is 13.9. The smallest absolute Gasteiger partial charge is 0.234 e. The minimum atomic E-state index is -0.160. The monoisotopic (exact) mass is 462 g/mol. The van der Waals surface area contributed by atoms with E-state index in [1.807, 2.05) is 23.0 Å². The number of nitrogens with zero attached hydrogens (tertiary/aromatic N) is 3. The Labute approximate surface area is 189 Å². The Morgan fingerprint density at radius 1 is 1.43 bits per heavy atom. The molecule has 1 unspecified atom stereocenters. The topological polar surface area (TPSA) is 69.0 Å². The van der Waals surface area contributed by atoms with Crippen molar-refractivity contribution in [1.29, 1.82) is 0 Å². The van der Waals surface area contributed by atoms with Crippen molar-refractivity contribution in [2.75, 3.05) is 18.2 Å². The first-order chi connectivity index (χ1) is 14.5. The summed E-state index contributed by atoms with van der Waals surface area (Å²) in [5, 5.41) is 15.0. The van der Waals surface area contributed by atoms with Crippen LogP contribution in [0.1, 0.15) is 23.8 Å². The summed E-state index contributed by atoms with van der Waals surface area (Å²) in [6.07, 6.45) is 3.45. The fraction of sp³-hybridized carbons (Fsp3) is 0.381. The Kier molecular flexibility index (Phi) is 6.36. The molecule has 2 aromatic heterocycles. The summed E-state index contributed by atoms with van der Waals surface area (Å²) in [5.74, 6) is 2.22. The predicted molar refractivity (Wildman–Crippen MR) is 123 cm³/mol. The second kappa shape index (κ2) is 8.99. The fourth-order valence-electron chi connectivity index (χ4n) is 3.63. The number of aromatic nitrogens is 3. The molecular formula is C21H23ClN4O2S2. The molecule has 1 amide bonds. The molecule has 1 N–H and O–H groups in total. The van der Waals surface area contributed by atoms with Gasteiger partial charge < -0.3 is 14.6 Å². The molecule has 0 bridgehead atoms. The Morgan fingerprint density at radius 3 is 3.07 bits per heavy atom. The molecule has 0 spiro atoms. The van der Waals surface area contributed by atoms with Crippen LogP contribution >= 0.6 is 34.7 Å². The summed E-state index contributed by atoms with van der Waals surface area (Å²) < 4.78 is 7.24. The first kappa shape index (κ1) is 21.2. The minimum absolute atomic E-state index is 0.160. The first-order valence-corrected chi connectivity index (χ1v) is 12.0. The second-order valence-electron chi connectivity index (χ2n) is 7.45. The van der Waals surface area contributed by atoms with E-state index < -0.39 is 0 Å². The molecule has 0 fully saturated rings. The van der Waals surface area contributed by atoms with Crippen LogP contribution in [0.3, 0.4) is 0 Å². The number of rotatable bonds is 6. The van der Waals surface area contributed by atoms with E-state index in [-0.39, 0.29) is 11.7 Å². The number of benzene rings is 1. The Bertz CT molecular complexity index is 1080. The lowest BCUT2D eigenvalue weighted by atomic mass is 9.88. The van der Waals surface area contributed by atoms with Gasteiger partial charge in [0, 0.05) is 27.9 Å². The third kappa shape index (κ3) is 4.36. The normalized spacial score (nSPS) is 15.7. The number of thioether (sulfide) groups is 1. The van der Waals surface area contributed by atoms with Crippen molar-refractivity contribution in [2.45, 2.75) is 31.3 Å². The fourth-order valence-corrected chi connectivity index (χ4v) is 5.76. The quantitative estimate of drug-likeness (QED) is 0.518. The minimum Gasteiger partial charge on any atom is -0.495 e. The van der Waals surface area contributed by atoms with Crippen molar-refractivity contribution in [3.63, 3.8) is 0 Å². The average Bonchev–Trinajstić information content (AvgIpc) is 3.29. The average molecular weight is 463 g/mol. The summed E-state index contributed by atoms with van der Waals surface area (Å²) in [5.41, 5.74) is 3.14. The number of ether oxygens (including phenoxy) is 1. The van der Waals surface area contributed by atoms with Crippen LogP contribution in [0.5, 0.6) is 5.75 Å². The molecule has 1 atom stereocenters. The molecule has 9 heteroatoms. The van der Waals surface area contributed by atoms with Gasteiger partial charge in [0.2, 0.25) is 5.91 Å². The van der Waals surface area contributed by atoms with Crippen molar-refractivity contribution in [3.8, 4) is 17.1 Å². The van der Waals surface area contributed by atoms with Gasteiger partial charge in [0.15, 0.2) is 11.0 Å². The van der Waals surface area contributed by atoms with Gasteiger partial charge >= 0.3 is 0 Å². The summed E-state index contributed by atoms with van der Waals surface area (Å²) in [6.45, 7) is 2.31. The molecule has 1 aromatic carbocycles. The van der Waals surface area contributed by atoms with Gasteiger partial charge in [0.05, 0.1) is 18.6 Å². The van der Waals surface area contributed by atoms with E-state index in [0.29, 0.717) is 21.6 Å². The third-order valence-corrected chi connectivity index (χ3v) is 7.55. The van der Waals surface area contributed by atoms with E-state index in [4.69, 9.17) is 16.3 Å². The lowest BCUT2D eigenvalue weighted by molar-refractivity contribution is -0.113. The zero-order chi connectivity index (χ0) is 21.3. The maximum absolute atomic E-state index is 12.4.